The fourth-order valence-corrected chi connectivity index (χ4v) is 3.71. The monoisotopic (exact) mass is 431 g/mol. The predicted molar refractivity (Wildman–Crippen MR) is 122 cm³/mol. The van der Waals surface area contributed by atoms with Crippen LogP contribution in [0.4, 0.5) is 4.39 Å². The molecular formula is C25H26FN5O. The fourth-order valence-electron chi connectivity index (χ4n) is 3.71. The Balaban J connectivity index is 1.74. The summed E-state index contributed by atoms with van der Waals surface area (Å²) in [5.41, 5.74) is 5.45. The Hall–Kier alpha value is -3.58. The van der Waals surface area contributed by atoms with Crippen molar-refractivity contribution in [2.24, 2.45) is 0 Å². The molecule has 0 amide bonds. The van der Waals surface area contributed by atoms with Crippen LogP contribution in [0.5, 0.6) is 5.75 Å². The van der Waals surface area contributed by atoms with E-state index in [1.807, 2.05) is 61.2 Å². The van der Waals surface area contributed by atoms with Crippen LogP contribution in [0.2, 0.25) is 0 Å². The minimum Gasteiger partial charge on any atom is -0.494 e. The quantitative estimate of drug-likeness (QED) is 0.413. The van der Waals surface area contributed by atoms with Gasteiger partial charge in [0.2, 0.25) is 0 Å². The fraction of sp³-hybridized carbons (Fsp3) is 0.240. The maximum absolute atomic E-state index is 14.5. The van der Waals surface area contributed by atoms with E-state index in [9.17, 15) is 4.39 Å². The van der Waals surface area contributed by atoms with Gasteiger partial charge < -0.3 is 4.74 Å². The number of rotatable bonds is 7. The van der Waals surface area contributed by atoms with Crippen LogP contribution in [0, 0.1) is 12.7 Å². The predicted octanol–water partition coefficient (Wildman–Crippen LogP) is 4.98. The van der Waals surface area contributed by atoms with Crippen molar-refractivity contribution in [1.29, 1.82) is 0 Å². The van der Waals surface area contributed by atoms with Gasteiger partial charge in [-0.15, -0.1) is 0 Å². The number of hydrogen-bond acceptors (Lipinski definition) is 5. The molecule has 164 valence electrons. The summed E-state index contributed by atoms with van der Waals surface area (Å²) in [6.45, 7) is 4.76. The first-order chi connectivity index (χ1) is 15.5. The lowest BCUT2D eigenvalue weighted by Crippen LogP contribution is -2.22. The summed E-state index contributed by atoms with van der Waals surface area (Å²) < 4.78 is 21.4. The smallest absolute Gasteiger partial charge is 0.165 e. The lowest BCUT2D eigenvalue weighted by atomic mass is 10.1. The van der Waals surface area contributed by atoms with Gasteiger partial charge in [0, 0.05) is 36.1 Å². The van der Waals surface area contributed by atoms with Gasteiger partial charge >= 0.3 is 0 Å². The Morgan fingerprint density at radius 2 is 1.97 bits per heavy atom. The highest BCUT2D eigenvalue weighted by molar-refractivity contribution is 5.64. The third kappa shape index (κ3) is 4.38. The summed E-state index contributed by atoms with van der Waals surface area (Å²) in [5.74, 6) is -0.202. The molecule has 0 aliphatic heterocycles. The molecule has 0 N–H and O–H groups in total. The summed E-state index contributed by atoms with van der Waals surface area (Å²) >= 11 is 0. The van der Waals surface area contributed by atoms with Crippen LogP contribution in [0.25, 0.3) is 16.9 Å². The molecule has 32 heavy (non-hydrogen) atoms. The summed E-state index contributed by atoms with van der Waals surface area (Å²) in [6.07, 6.45) is 5.32. The van der Waals surface area contributed by atoms with Gasteiger partial charge in [0.15, 0.2) is 11.6 Å². The Morgan fingerprint density at radius 1 is 1.16 bits per heavy atom. The van der Waals surface area contributed by atoms with Crippen molar-refractivity contribution in [3.8, 4) is 22.7 Å². The van der Waals surface area contributed by atoms with Crippen LogP contribution in [0.1, 0.15) is 29.8 Å². The number of para-hydroxylation sites is 1. The van der Waals surface area contributed by atoms with E-state index in [1.165, 1.54) is 13.2 Å². The number of aryl methyl sites for hydroxylation is 1. The van der Waals surface area contributed by atoms with Gasteiger partial charge in [-0.2, -0.15) is 5.10 Å². The number of nitrogens with zero attached hydrogens (tertiary/aromatic N) is 5. The van der Waals surface area contributed by atoms with Gasteiger partial charge in [0.05, 0.1) is 24.2 Å². The molecule has 1 unspecified atom stereocenters. The minimum absolute atomic E-state index is 0.0697. The molecule has 2 aromatic heterocycles. The van der Waals surface area contributed by atoms with Crippen LogP contribution in [-0.4, -0.2) is 38.8 Å². The number of methoxy groups -OCH3 is 1. The number of hydrogen-bond donors (Lipinski definition) is 0. The third-order valence-corrected chi connectivity index (χ3v) is 5.69. The molecule has 0 aliphatic carbocycles. The van der Waals surface area contributed by atoms with Crippen molar-refractivity contribution < 1.29 is 9.13 Å². The second-order valence-electron chi connectivity index (χ2n) is 7.81. The summed E-state index contributed by atoms with van der Waals surface area (Å²) in [4.78, 5) is 10.6. The molecular weight excluding hydrogens is 405 g/mol. The third-order valence-electron chi connectivity index (χ3n) is 5.69. The molecule has 2 aromatic carbocycles. The number of ether oxygens (including phenoxy) is 1. The van der Waals surface area contributed by atoms with Crippen LogP contribution in [0.3, 0.4) is 0 Å². The molecule has 1 atom stereocenters. The van der Waals surface area contributed by atoms with Crippen molar-refractivity contribution in [1.82, 2.24) is 24.6 Å². The zero-order valence-corrected chi connectivity index (χ0v) is 18.7. The summed E-state index contributed by atoms with van der Waals surface area (Å²) in [6, 6.07) is 15.0. The van der Waals surface area contributed by atoms with E-state index in [4.69, 9.17) is 9.84 Å². The van der Waals surface area contributed by atoms with E-state index < -0.39 is 5.82 Å². The second-order valence-corrected chi connectivity index (χ2v) is 7.81. The van der Waals surface area contributed by atoms with E-state index >= 15 is 0 Å². The zero-order chi connectivity index (χ0) is 22.7. The first kappa shape index (κ1) is 21.6. The molecule has 4 rings (SSSR count). The van der Waals surface area contributed by atoms with E-state index in [1.54, 1.807) is 18.6 Å². The normalized spacial score (nSPS) is 12.2. The van der Waals surface area contributed by atoms with E-state index in [0.29, 0.717) is 12.1 Å². The molecule has 0 spiro atoms. The molecule has 0 fully saturated rings. The molecule has 4 aromatic rings. The van der Waals surface area contributed by atoms with Crippen molar-refractivity contribution in [2.45, 2.75) is 26.4 Å². The Labute approximate surface area is 187 Å². The Bertz CT molecular complexity index is 1210. The maximum atomic E-state index is 14.5. The first-order valence-electron chi connectivity index (χ1n) is 10.4. The molecule has 0 bridgehead atoms. The average Bonchev–Trinajstić information content (AvgIpc) is 3.22. The largest absolute Gasteiger partial charge is 0.494 e. The van der Waals surface area contributed by atoms with E-state index in [0.717, 1.165) is 28.2 Å². The Kier molecular flexibility index (Phi) is 6.28. The van der Waals surface area contributed by atoms with Crippen LogP contribution in [0.15, 0.2) is 67.3 Å². The highest BCUT2D eigenvalue weighted by atomic mass is 19.1. The molecule has 2 heterocycles. The number of benzene rings is 2. The minimum atomic E-state index is -0.413. The molecule has 6 nitrogen and oxygen atoms in total. The SMILES string of the molecule is COc1ccc(-c2nn(-c3ccccc3C)cc2CN(C)C(C)c2ccncn2)cc1F. The maximum Gasteiger partial charge on any atom is 0.165 e. The van der Waals surface area contributed by atoms with Gasteiger partial charge in [-0.25, -0.2) is 19.0 Å². The van der Waals surface area contributed by atoms with Crippen molar-refractivity contribution in [3.63, 3.8) is 0 Å². The highest BCUT2D eigenvalue weighted by Gasteiger charge is 2.19. The van der Waals surface area contributed by atoms with Gasteiger partial charge in [0.25, 0.3) is 0 Å². The van der Waals surface area contributed by atoms with Crippen molar-refractivity contribution in [3.05, 3.63) is 89.9 Å². The molecule has 0 aliphatic rings. The number of aromatic nitrogens is 4. The van der Waals surface area contributed by atoms with Crippen molar-refractivity contribution >= 4 is 0 Å². The molecule has 0 saturated heterocycles. The first-order valence-corrected chi connectivity index (χ1v) is 10.4. The topological polar surface area (TPSA) is 56.1 Å². The van der Waals surface area contributed by atoms with Gasteiger partial charge in [0.1, 0.15) is 6.33 Å². The van der Waals surface area contributed by atoms with Crippen LogP contribution < -0.4 is 4.74 Å². The van der Waals surface area contributed by atoms with Crippen LogP contribution in [-0.2, 0) is 6.54 Å². The van der Waals surface area contributed by atoms with Gasteiger partial charge in [-0.3, -0.25) is 4.90 Å². The lowest BCUT2D eigenvalue weighted by Gasteiger charge is -2.24. The van der Waals surface area contributed by atoms with Gasteiger partial charge in [-0.1, -0.05) is 18.2 Å². The summed E-state index contributed by atoms with van der Waals surface area (Å²) in [5, 5.41) is 4.85. The van der Waals surface area contributed by atoms with Crippen molar-refractivity contribution in [2.75, 3.05) is 14.2 Å². The van der Waals surface area contributed by atoms with E-state index in [-0.39, 0.29) is 11.8 Å². The Morgan fingerprint density at radius 3 is 2.66 bits per heavy atom. The molecule has 7 heteroatoms. The lowest BCUT2D eigenvalue weighted by molar-refractivity contribution is 0.248. The zero-order valence-electron chi connectivity index (χ0n) is 18.7. The summed E-state index contributed by atoms with van der Waals surface area (Å²) in [7, 11) is 3.50. The van der Waals surface area contributed by atoms with E-state index in [2.05, 4.69) is 21.8 Å². The standard InChI is InChI=1S/C25H26FN5O/c1-17-7-5-6-8-23(17)31-15-20(14-30(3)18(2)22-11-12-27-16-28-22)25(29-31)19-9-10-24(32-4)21(26)13-19/h5-13,15-16,18H,14H2,1-4H3. The molecule has 0 radical (unpaired) electrons. The molecule has 0 saturated carbocycles. The average molecular weight is 432 g/mol. The van der Waals surface area contributed by atoms with Gasteiger partial charge in [-0.05, 0) is 56.8 Å². The number of halogens is 1. The second kappa shape index (κ2) is 9.28. The van der Waals surface area contributed by atoms with Crippen LogP contribution >= 0.6 is 0 Å². The highest BCUT2D eigenvalue weighted by Crippen LogP contribution is 2.30.